The van der Waals surface area contributed by atoms with Gasteiger partial charge >= 0.3 is 0 Å². The van der Waals surface area contributed by atoms with E-state index in [0.717, 1.165) is 30.0 Å². The van der Waals surface area contributed by atoms with Crippen molar-refractivity contribution in [3.05, 3.63) is 29.3 Å². The molecule has 0 aliphatic heterocycles. The number of aliphatic hydroxyl groups is 1. The molecule has 1 aromatic carbocycles. The summed E-state index contributed by atoms with van der Waals surface area (Å²) in [6.45, 7) is 2.43. The van der Waals surface area contributed by atoms with Crippen molar-refractivity contribution in [3.8, 4) is 17.6 Å². The highest BCUT2D eigenvalue weighted by atomic mass is 16.5. The van der Waals surface area contributed by atoms with Crippen LogP contribution in [-0.2, 0) is 11.3 Å². The lowest BCUT2D eigenvalue weighted by molar-refractivity contribution is 0.158. The quantitative estimate of drug-likeness (QED) is 0.767. The average Bonchev–Trinajstić information content (AvgIpc) is 2.46. The second kappa shape index (κ2) is 9.38. The highest BCUT2D eigenvalue weighted by molar-refractivity contribution is 5.45. The van der Waals surface area contributed by atoms with Gasteiger partial charge in [-0.15, -0.1) is 0 Å². The van der Waals surface area contributed by atoms with Crippen LogP contribution in [0.25, 0.3) is 0 Å². The first kappa shape index (κ1) is 16.5. The normalized spacial score (nSPS) is 10.2. The second-order valence-electron chi connectivity index (χ2n) is 4.53. The Morgan fingerprint density at radius 2 is 2.10 bits per heavy atom. The molecular weight excluding hydrogens is 254 g/mol. The monoisotopic (exact) mass is 277 g/mol. The van der Waals surface area contributed by atoms with Gasteiger partial charge in [-0.25, -0.2) is 0 Å². The molecule has 0 aromatic heterocycles. The maximum absolute atomic E-state index is 8.79. The van der Waals surface area contributed by atoms with Crippen molar-refractivity contribution in [2.75, 3.05) is 41.0 Å². The topological polar surface area (TPSA) is 41.9 Å². The highest BCUT2D eigenvalue weighted by Crippen LogP contribution is 2.18. The fourth-order valence-electron chi connectivity index (χ4n) is 1.78. The van der Waals surface area contributed by atoms with Crippen LogP contribution in [0.5, 0.6) is 5.75 Å². The van der Waals surface area contributed by atoms with Crippen LogP contribution in [0.2, 0.25) is 0 Å². The molecule has 0 unspecified atom stereocenters. The number of methoxy groups -OCH3 is 2. The third-order valence-corrected chi connectivity index (χ3v) is 2.89. The van der Waals surface area contributed by atoms with Crippen molar-refractivity contribution in [3.63, 3.8) is 0 Å². The van der Waals surface area contributed by atoms with Crippen LogP contribution in [-0.4, -0.2) is 51.0 Å². The van der Waals surface area contributed by atoms with Gasteiger partial charge < -0.3 is 14.6 Å². The SMILES string of the molecule is COCCN(C)Cc1cc(OC)ccc1C#CCCO. The van der Waals surface area contributed by atoms with E-state index in [4.69, 9.17) is 14.6 Å². The van der Waals surface area contributed by atoms with Gasteiger partial charge in [0, 0.05) is 32.2 Å². The summed E-state index contributed by atoms with van der Waals surface area (Å²) in [6.07, 6.45) is 0.491. The molecule has 4 nitrogen and oxygen atoms in total. The van der Waals surface area contributed by atoms with Gasteiger partial charge in [0.05, 0.1) is 20.3 Å². The van der Waals surface area contributed by atoms with E-state index in [9.17, 15) is 0 Å². The number of aliphatic hydroxyl groups excluding tert-OH is 1. The molecule has 0 bridgehead atoms. The fraction of sp³-hybridized carbons (Fsp3) is 0.500. The zero-order valence-corrected chi connectivity index (χ0v) is 12.5. The van der Waals surface area contributed by atoms with Crippen LogP contribution in [0.15, 0.2) is 18.2 Å². The molecule has 0 saturated carbocycles. The first-order valence-electron chi connectivity index (χ1n) is 6.65. The first-order chi connectivity index (χ1) is 9.71. The van der Waals surface area contributed by atoms with E-state index in [1.54, 1.807) is 14.2 Å². The minimum atomic E-state index is 0.0895. The minimum absolute atomic E-state index is 0.0895. The molecular formula is C16H23NO3. The zero-order valence-electron chi connectivity index (χ0n) is 12.5. The van der Waals surface area contributed by atoms with E-state index in [1.165, 1.54) is 0 Å². The molecule has 4 heteroatoms. The zero-order chi connectivity index (χ0) is 14.8. The molecule has 0 heterocycles. The summed E-state index contributed by atoms with van der Waals surface area (Å²) in [5.74, 6) is 6.89. The van der Waals surface area contributed by atoms with Gasteiger partial charge in [0.25, 0.3) is 0 Å². The lowest BCUT2D eigenvalue weighted by atomic mass is 10.1. The molecule has 0 radical (unpaired) electrons. The summed E-state index contributed by atoms with van der Waals surface area (Å²) in [7, 11) is 5.40. The summed E-state index contributed by atoms with van der Waals surface area (Å²) < 4.78 is 10.3. The summed E-state index contributed by atoms with van der Waals surface area (Å²) in [4.78, 5) is 2.18. The number of benzene rings is 1. The van der Waals surface area contributed by atoms with Gasteiger partial charge in [0.2, 0.25) is 0 Å². The number of ether oxygens (including phenoxy) is 2. The van der Waals surface area contributed by atoms with Crippen molar-refractivity contribution in [2.45, 2.75) is 13.0 Å². The van der Waals surface area contributed by atoms with E-state index < -0.39 is 0 Å². The molecule has 0 aliphatic rings. The molecule has 0 saturated heterocycles. The predicted octanol–water partition coefficient (Wildman–Crippen LogP) is 1.51. The van der Waals surface area contributed by atoms with E-state index in [-0.39, 0.29) is 6.61 Å². The Kier molecular flexibility index (Phi) is 7.74. The van der Waals surface area contributed by atoms with Crippen molar-refractivity contribution >= 4 is 0 Å². The van der Waals surface area contributed by atoms with Gasteiger partial charge in [0.15, 0.2) is 0 Å². The lowest BCUT2D eigenvalue weighted by Crippen LogP contribution is -2.22. The summed E-state index contributed by atoms with van der Waals surface area (Å²) in [5.41, 5.74) is 2.09. The Hall–Kier alpha value is -1.54. The van der Waals surface area contributed by atoms with Crippen molar-refractivity contribution in [2.24, 2.45) is 0 Å². The van der Waals surface area contributed by atoms with Crippen LogP contribution in [0.1, 0.15) is 17.5 Å². The van der Waals surface area contributed by atoms with Gasteiger partial charge in [-0.1, -0.05) is 11.8 Å². The molecule has 1 aromatic rings. The largest absolute Gasteiger partial charge is 0.497 e. The van der Waals surface area contributed by atoms with Crippen molar-refractivity contribution in [1.29, 1.82) is 0 Å². The maximum Gasteiger partial charge on any atom is 0.119 e. The smallest absolute Gasteiger partial charge is 0.119 e. The molecule has 0 fully saturated rings. The Balaban J connectivity index is 2.86. The molecule has 0 aliphatic carbocycles. The van der Waals surface area contributed by atoms with Gasteiger partial charge in [-0.05, 0) is 30.8 Å². The summed E-state index contributed by atoms with van der Waals surface area (Å²) in [5, 5.41) is 8.79. The number of hydrogen-bond acceptors (Lipinski definition) is 4. The molecule has 0 atom stereocenters. The molecule has 1 rings (SSSR count). The Bertz CT molecular complexity index is 463. The van der Waals surface area contributed by atoms with Gasteiger partial charge in [-0.3, -0.25) is 4.90 Å². The molecule has 1 N–H and O–H groups in total. The standard InChI is InChI=1S/C16H23NO3/c1-17(9-11-19-2)13-15-12-16(20-3)8-7-14(15)6-4-5-10-18/h7-8,12,18H,5,9-11,13H2,1-3H3. The molecule has 110 valence electrons. The maximum atomic E-state index is 8.79. The number of nitrogens with zero attached hydrogens (tertiary/aromatic N) is 1. The summed E-state index contributed by atoms with van der Waals surface area (Å²) >= 11 is 0. The van der Waals surface area contributed by atoms with Crippen LogP contribution in [0.4, 0.5) is 0 Å². The van der Waals surface area contributed by atoms with Crippen LogP contribution < -0.4 is 4.74 Å². The van der Waals surface area contributed by atoms with E-state index in [0.29, 0.717) is 13.0 Å². The Morgan fingerprint density at radius 1 is 1.30 bits per heavy atom. The number of rotatable bonds is 7. The van der Waals surface area contributed by atoms with Crippen molar-refractivity contribution in [1.82, 2.24) is 4.90 Å². The Labute approximate surface area is 121 Å². The molecule has 20 heavy (non-hydrogen) atoms. The average molecular weight is 277 g/mol. The van der Waals surface area contributed by atoms with Gasteiger partial charge in [-0.2, -0.15) is 0 Å². The van der Waals surface area contributed by atoms with Crippen molar-refractivity contribution < 1.29 is 14.6 Å². The third-order valence-electron chi connectivity index (χ3n) is 2.89. The fourth-order valence-corrected chi connectivity index (χ4v) is 1.78. The van der Waals surface area contributed by atoms with E-state index >= 15 is 0 Å². The summed E-state index contributed by atoms with van der Waals surface area (Å²) in [6, 6.07) is 5.87. The van der Waals surface area contributed by atoms with E-state index in [1.807, 2.05) is 25.2 Å². The minimum Gasteiger partial charge on any atom is -0.497 e. The van der Waals surface area contributed by atoms with Crippen LogP contribution in [0, 0.1) is 11.8 Å². The van der Waals surface area contributed by atoms with Crippen LogP contribution >= 0.6 is 0 Å². The third kappa shape index (κ3) is 5.62. The van der Waals surface area contributed by atoms with Gasteiger partial charge in [0.1, 0.15) is 5.75 Å². The highest BCUT2D eigenvalue weighted by Gasteiger charge is 2.06. The predicted molar refractivity (Wildman–Crippen MR) is 79.8 cm³/mol. The number of likely N-dealkylation sites (N-methyl/N-ethyl adjacent to an activating group) is 1. The molecule has 0 amide bonds. The van der Waals surface area contributed by atoms with Crippen LogP contribution in [0.3, 0.4) is 0 Å². The lowest BCUT2D eigenvalue weighted by Gasteiger charge is -2.17. The first-order valence-corrected chi connectivity index (χ1v) is 6.65. The second-order valence-corrected chi connectivity index (χ2v) is 4.53. The molecule has 0 spiro atoms. The van der Waals surface area contributed by atoms with E-state index in [2.05, 4.69) is 16.7 Å². The Morgan fingerprint density at radius 3 is 2.75 bits per heavy atom. The number of hydrogen-bond donors (Lipinski definition) is 1.